The first-order valence-electron chi connectivity index (χ1n) is 5.40. The number of benzene rings is 1. The van der Waals surface area contributed by atoms with E-state index in [2.05, 4.69) is 10.6 Å². The number of rotatable bonds is 6. The summed E-state index contributed by atoms with van der Waals surface area (Å²) in [6.07, 6.45) is 0. The van der Waals surface area contributed by atoms with E-state index in [1.165, 1.54) is 14.2 Å². The summed E-state index contributed by atoms with van der Waals surface area (Å²) in [6.45, 7) is 0.207. The van der Waals surface area contributed by atoms with Gasteiger partial charge in [0.05, 0.1) is 27.9 Å². The molecule has 0 spiro atoms. The Labute approximate surface area is 106 Å². The van der Waals surface area contributed by atoms with Gasteiger partial charge in [-0.3, -0.25) is 4.79 Å². The van der Waals surface area contributed by atoms with Crippen LogP contribution >= 0.6 is 0 Å². The lowest BCUT2D eigenvalue weighted by molar-refractivity contribution is -0.115. The Bertz CT molecular complexity index is 396. The van der Waals surface area contributed by atoms with Crippen LogP contribution in [-0.2, 0) is 4.79 Å². The first-order chi connectivity index (χ1) is 8.65. The topological polar surface area (TPSA) is 68.8 Å². The average Bonchev–Trinajstić information content (AvgIpc) is 2.39. The van der Waals surface area contributed by atoms with Crippen LogP contribution in [0.25, 0.3) is 0 Å². The van der Waals surface area contributed by atoms with E-state index in [1.54, 1.807) is 26.3 Å². The molecule has 6 nitrogen and oxygen atoms in total. The molecule has 0 heterocycles. The summed E-state index contributed by atoms with van der Waals surface area (Å²) in [5.41, 5.74) is 0.487. The summed E-state index contributed by atoms with van der Waals surface area (Å²) in [7, 11) is 6.28. The van der Waals surface area contributed by atoms with E-state index < -0.39 is 0 Å². The molecule has 2 N–H and O–H groups in total. The van der Waals surface area contributed by atoms with E-state index in [-0.39, 0.29) is 12.5 Å². The Morgan fingerprint density at radius 3 is 2.06 bits per heavy atom. The van der Waals surface area contributed by atoms with E-state index in [4.69, 9.17) is 14.2 Å². The molecule has 1 rings (SSSR count). The second-order valence-corrected chi connectivity index (χ2v) is 3.49. The smallest absolute Gasteiger partial charge is 0.238 e. The molecule has 100 valence electrons. The van der Waals surface area contributed by atoms with Crippen molar-refractivity contribution in [1.29, 1.82) is 0 Å². The zero-order chi connectivity index (χ0) is 13.5. The fraction of sp³-hybridized carbons (Fsp3) is 0.417. The fourth-order valence-corrected chi connectivity index (χ4v) is 1.47. The van der Waals surface area contributed by atoms with Gasteiger partial charge < -0.3 is 24.8 Å². The zero-order valence-electron chi connectivity index (χ0n) is 11.0. The van der Waals surface area contributed by atoms with E-state index >= 15 is 0 Å². The molecule has 6 heteroatoms. The van der Waals surface area contributed by atoms with Crippen molar-refractivity contribution < 1.29 is 19.0 Å². The number of carbonyl (C=O) groups excluding carboxylic acids is 1. The quantitative estimate of drug-likeness (QED) is 0.788. The van der Waals surface area contributed by atoms with Crippen molar-refractivity contribution in [3.05, 3.63) is 12.1 Å². The van der Waals surface area contributed by atoms with E-state index in [1.807, 2.05) is 0 Å². The number of amides is 1. The Morgan fingerprint density at radius 1 is 1.11 bits per heavy atom. The number of ether oxygens (including phenoxy) is 3. The third-order valence-corrected chi connectivity index (χ3v) is 2.32. The lowest BCUT2D eigenvalue weighted by atomic mass is 10.2. The third-order valence-electron chi connectivity index (χ3n) is 2.32. The maximum Gasteiger partial charge on any atom is 0.238 e. The Balaban J connectivity index is 3.10. The first-order valence-corrected chi connectivity index (χ1v) is 5.40. The minimum Gasteiger partial charge on any atom is -0.496 e. The largest absolute Gasteiger partial charge is 0.496 e. The van der Waals surface area contributed by atoms with Crippen LogP contribution in [-0.4, -0.2) is 40.8 Å². The molecule has 0 saturated heterocycles. The number of anilines is 1. The number of nitrogens with one attached hydrogen (secondary N) is 2. The standard InChI is InChI=1S/C12H18N2O4/c1-13-7-11(15)14-12-9(17-3)5-8(16-2)6-10(12)18-4/h5-6,13H,7H2,1-4H3,(H,14,15). The molecular weight excluding hydrogens is 236 g/mol. The maximum atomic E-state index is 11.6. The SMILES string of the molecule is CNCC(=O)Nc1c(OC)cc(OC)cc1OC. The molecule has 0 atom stereocenters. The average molecular weight is 254 g/mol. The number of likely N-dealkylation sites (N-methyl/N-ethyl adjacent to an activating group) is 1. The van der Waals surface area contributed by atoms with Crippen LogP contribution < -0.4 is 24.8 Å². The van der Waals surface area contributed by atoms with Crippen LogP contribution in [0.3, 0.4) is 0 Å². The summed E-state index contributed by atoms with van der Waals surface area (Å²) < 4.78 is 15.6. The second-order valence-electron chi connectivity index (χ2n) is 3.49. The Kier molecular flexibility index (Phi) is 5.26. The predicted octanol–water partition coefficient (Wildman–Crippen LogP) is 0.870. The van der Waals surface area contributed by atoms with Crippen molar-refractivity contribution in [3.63, 3.8) is 0 Å². The van der Waals surface area contributed by atoms with Crippen LogP contribution in [0.5, 0.6) is 17.2 Å². The van der Waals surface area contributed by atoms with Gasteiger partial charge in [0.25, 0.3) is 0 Å². The monoisotopic (exact) mass is 254 g/mol. The van der Waals surface area contributed by atoms with Crippen LogP contribution in [0.2, 0.25) is 0 Å². The molecule has 0 bridgehead atoms. The molecule has 0 saturated carbocycles. The van der Waals surface area contributed by atoms with Gasteiger partial charge >= 0.3 is 0 Å². The number of carbonyl (C=O) groups is 1. The summed E-state index contributed by atoms with van der Waals surface area (Å²) in [6, 6.07) is 3.36. The zero-order valence-corrected chi connectivity index (χ0v) is 11.0. The van der Waals surface area contributed by atoms with Crippen LogP contribution in [0, 0.1) is 0 Å². The van der Waals surface area contributed by atoms with Gasteiger partial charge in [-0.15, -0.1) is 0 Å². The second kappa shape index (κ2) is 6.70. The van der Waals surface area contributed by atoms with Crippen molar-refractivity contribution in [3.8, 4) is 17.2 Å². The van der Waals surface area contributed by atoms with E-state index in [0.717, 1.165) is 0 Å². The van der Waals surface area contributed by atoms with Crippen molar-refractivity contribution in [1.82, 2.24) is 5.32 Å². The van der Waals surface area contributed by atoms with Crippen molar-refractivity contribution >= 4 is 11.6 Å². The highest BCUT2D eigenvalue weighted by atomic mass is 16.5. The van der Waals surface area contributed by atoms with E-state index in [9.17, 15) is 4.79 Å². The molecule has 0 unspecified atom stereocenters. The normalized spacial score (nSPS) is 9.78. The van der Waals surface area contributed by atoms with Gasteiger partial charge in [0, 0.05) is 12.1 Å². The molecular formula is C12H18N2O4. The van der Waals surface area contributed by atoms with Gasteiger partial charge in [0.2, 0.25) is 5.91 Å². The minimum atomic E-state index is -0.181. The summed E-state index contributed by atoms with van der Waals surface area (Å²) in [5, 5.41) is 5.49. The highest BCUT2D eigenvalue weighted by Gasteiger charge is 2.15. The van der Waals surface area contributed by atoms with Gasteiger partial charge in [-0.2, -0.15) is 0 Å². The molecule has 0 fully saturated rings. The van der Waals surface area contributed by atoms with Gasteiger partial charge in [0.1, 0.15) is 22.9 Å². The van der Waals surface area contributed by atoms with Crippen molar-refractivity contribution in [2.24, 2.45) is 0 Å². The van der Waals surface area contributed by atoms with Crippen molar-refractivity contribution in [2.45, 2.75) is 0 Å². The first kappa shape index (κ1) is 14.1. The fourth-order valence-electron chi connectivity index (χ4n) is 1.47. The molecule has 0 aromatic heterocycles. The number of hydrogen-bond donors (Lipinski definition) is 2. The van der Waals surface area contributed by atoms with Crippen LogP contribution in [0.4, 0.5) is 5.69 Å². The van der Waals surface area contributed by atoms with Crippen molar-refractivity contribution in [2.75, 3.05) is 40.2 Å². The molecule has 0 aliphatic carbocycles. The molecule has 0 aliphatic rings. The molecule has 1 aromatic carbocycles. The maximum absolute atomic E-state index is 11.6. The summed E-state index contributed by atoms with van der Waals surface area (Å²) in [4.78, 5) is 11.6. The molecule has 1 aromatic rings. The molecule has 18 heavy (non-hydrogen) atoms. The number of methoxy groups -OCH3 is 3. The number of hydrogen-bond acceptors (Lipinski definition) is 5. The third kappa shape index (κ3) is 3.27. The molecule has 0 radical (unpaired) electrons. The van der Waals surface area contributed by atoms with Gasteiger partial charge in [-0.25, -0.2) is 0 Å². The Hall–Kier alpha value is -1.95. The molecule has 0 aliphatic heterocycles. The minimum absolute atomic E-state index is 0.181. The predicted molar refractivity (Wildman–Crippen MR) is 68.7 cm³/mol. The van der Waals surface area contributed by atoms with Gasteiger partial charge in [-0.05, 0) is 7.05 Å². The van der Waals surface area contributed by atoms with E-state index in [0.29, 0.717) is 22.9 Å². The lowest BCUT2D eigenvalue weighted by Gasteiger charge is -2.15. The van der Waals surface area contributed by atoms with Gasteiger partial charge in [-0.1, -0.05) is 0 Å². The Morgan fingerprint density at radius 2 is 1.67 bits per heavy atom. The van der Waals surface area contributed by atoms with Gasteiger partial charge in [0.15, 0.2) is 0 Å². The highest BCUT2D eigenvalue weighted by molar-refractivity contribution is 5.95. The summed E-state index contributed by atoms with van der Waals surface area (Å²) in [5.74, 6) is 1.38. The summed E-state index contributed by atoms with van der Waals surface area (Å²) >= 11 is 0. The highest BCUT2D eigenvalue weighted by Crippen LogP contribution is 2.38. The van der Waals surface area contributed by atoms with Crippen LogP contribution in [0.1, 0.15) is 0 Å². The molecule has 1 amide bonds. The van der Waals surface area contributed by atoms with Crippen LogP contribution in [0.15, 0.2) is 12.1 Å². The lowest BCUT2D eigenvalue weighted by Crippen LogP contribution is -2.25.